The summed E-state index contributed by atoms with van der Waals surface area (Å²) >= 11 is 1.51. The van der Waals surface area contributed by atoms with Gasteiger partial charge >= 0.3 is 0 Å². The van der Waals surface area contributed by atoms with Crippen LogP contribution in [0.3, 0.4) is 0 Å². The topological polar surface area (TPSA) is 56.0 Å². The minimum absolute atomic E-state index is 0.160. The van der Waals surface area contributed by atoms with E-state index in [2.05, 4.69) is 5.32 Å². The van der Waals surface area contributed by atoms with Crippen LogP contribution in [0.1, 0.15) is 37.1 Å². The van der Waals surface area contributed by atoms with Crippen molar-refractivity contribution in [1.29, 1.82) is 0 Å². The fourth-order valence-electron chi connectivity index (χ4n) is 2.97. The summed E-state index contributed by atoms with van der Waals surface area (Å²) in [5.74, 6) is 0.341. The van der Waals surface area contributed by atoms with Crippen LogP contribution in [0.4, 0.5) is 0 Å². The van der Waals surface area contributed by atoms with Gasteiger partial charge in [-0.2, -0.15) is 4.73 Å². The number of amides is 1. The molecule has 1 aromatic carbocycles. The Morgan fingerprint density at radius 1 is 1.29 bits per heavy atom. The number of nitrogens with zero attached hydrogens (tertiary/aromatic N) is 1. The number of hydrogen-bond donors (Lipinski definition) is 1. The molecule has 112 valence electrons. The Morgan fingerprint density at radius 3 is 2.81 bits per heavy atom. The van der Waals surface area contributed by atoms with Gasteiger partial charge in [0.2, 0.25) is 11.4 Å². The number of hydrogen-bond acceptors (Lipinski definition) is 3. The van der Waals surface area contributed by atoms with Crippen molar-refractivity contribution < 1.29 is 9.52 Å². The third kappa shape index (κ3) is 3.18. The lowest BCUT2D eigenvalue weighted by Crippen LogP contribution is -2.35. The van der Waals surface area contributed by atoms with Gasteiger partial charge in [0.05, 0.1) is 6.42 Å². The molecule has 0 atom stereocenters. The Balaban J connectivity index is 1.56. The fraction of sp³-hybridized carbons (Fsp3) is 0.500. The van der Waals surface area contributed by atoms with Crippen LogP contribution >= 0.6 is 11.3 Å². The van der Waals surface area contributed by atoms with E-state index in [4.69, 9.17) is 0 Å². The van der Waals surface area contributed by atoms with Crippen molar-refractivity contribution in [2.75, 3.05) is 6.54 Å². The zero-order valence-corrected chi connectivity index (χ0v) is 12.8. The third-order valence-electron chi connectivity index (χ3n) is 4.15. The van der Waals surface area contributed by atoms with E-state index in [0.29, 0.717) is 13.0 Å². The monoisotopic (exact) mass is 304 g/mol. The first-order valence-corrected chi connectivity index (χ1v) is 8.45. The SMILES string of the molecule is O=C(NCCc1sc2ccccc2[n+]1[O-])C1CCCCC1. The standard InChI is InChI=1S/C16H20N2O2S/c19-16(12-6-2-1-3-7-12)17-11-10-15-18(20)13-8-4-5-9-14(13)21-15/h4-5,8-9,12H,1-3,6-7,10-11H2,(H,17,19). The molecule has 4 nitrogen and oxygen atoms in total. The number of rotatable bonds is 4. The van der Waals surface area contributed by atoms with Crippen LogP contribution in [-0.2, 0) is 11.2 Å². The second-order valence-corrected chi connectivity index (χ2v) is 6.75. The van der Waals surface area contributed by atoms with E-state index in [1.54, 1.807) is 0 Å². The van der Waals surface area contributed by atoms with Crippen LogP contribution in [0.2, 0.25) is 0 Å². The average Bonchev–Trinajstić information content (AvgIpc) is 2.85. The van der Waals surface area contributed by atoms with Crippen molar-refractivity contribution in [1.82, 2.24) is 5.32 Å². The first-order valence-electron chi connectivity index (χ1n) is 7.63. The third-order valence-corrected chi connectivity index (χ3v) is 5.32. The maximum Gasteiger partial charge on any atom is 0.251 e. The first kappa shape index (κ1) is 14.3. The van der Waals surface area contributed by atoms with Gasteiger partial charge in [0.15, 0.2) is 0 Å². The zero-order chi connectivity index (χ0) is 14.7. The van der Waals surface area contributed by atoms with Crippen molar-refractivity contribution in [3.8, 4) is 0 Å². The lowest BCUT2D eigenvalue weighted by atomic mass is 9.89. The highest BCUT2D eigenvalue weighted by atomic mass is 32.1. The van der Waals surface area contributed by atoms with Gasteiger partial charge in [-0.3, -0.25) is 4.79 Å². The molecular formula is C16H20N2O2S. The summed E-state index contributed by atoms with van der Waals surface area (Å²) in [5.41, 5.74) is 0.719. The van der Waals surface area contributed by atoms with Gasteiger partial charge in [0, 0.05) is 18.5 Å². The average molecular weight is 304 g/mol. The molecule has 0 unspecified atom stereocenters. The van der Waals surface area contributed by atoms with E-state index in [-0.39, 0.29) is 11.8 Å². The van der Waals surface area contributed by atoms with Gasteiger partial charge < -0.3 is 10.5 Å². The lowest BCUT2D eigenvalue weighted by Gasteiger charge is -2.20. The van der Waals surface area contributed by atoms with Gasteiger partial charge in [0.1, 0.15) is 4.70 Å². The summed E-state index contributed by atoms with van der Waals surface area (Å²) in [4.78, 5) is 12.1. The van der Waals surface area contributed by atoms with E-state index < -0.39 is 0 Å². The van der Waals surface area contributed by atoms with Gasteiger partial charge in [-0.1, -0.05) is 42.7 Å². The Kier molecular flexibility index (Phi) is 4.39. The number of carbonyl (C=O) groups is 1. The molecule has 1 aromatic heterocycles. The summed E-state index contributed by atoms with van der Waals surface area (Å²) < 4.78 is 1.99. The summed E-state index contributed by atoms with van der Waals surface area (Å²) in [6.07, 6.45) is 6.19. The molecule has 1 fully saturated rings. The predicted octanol–water partition coefficient (Wildman–Crippen LogP) is 2.77. The number of nitrogens with one attached hydrogen (secondary N) is 1. The quantitative estimate of drug-likeness (QED) is 0.697. The van der Waals surface area contributed by atoms with Gasteiger partial charge in [-0.15, -0.1) is 0 Å². The molecule has 1 aliphatic carbocycles. The summed E-state index contributed by atoms with van der Waals surface area (Å²) in [6.45, 7) is 0.546. The Bertz CT molecular complexity index is 632. The van der Waals surface area contributed by atoms with E-state index in [0.717, 1.165) is 45.6 Å². The minimum atomic E-state index is 0.160. The molecule has 21 heavy (non-hydrogen) atoms. The minimum Gasteiger partial charge on any atom is -0.617 e. The Morgan fingerprint density at radius 2 is 2.05 bits per heavy atom. The highest BCUT2D eigenvalue weighted by molar-refractivity contribution is 7.18. The molecule has 3 rings (SSSR count). The molecule has 1 N–H and O–H groups in total. The zero-order valence-electron chi connectivity index (χ0n) is 12.0. The molecule has 1 aliphatic rings. The molecule has 0 saturated heterocycles. The van der Waals surface area contributed by atoms with Crippen LogP contribution in [0.25, 0.3) is 10.2 Å². The second-order valence-electron chi connectivity index (χ2n) is 5.63. The molecule has 1 amide bonds. The first-order chi connectivity index (χ1) is 10.3. The molecule has 5 heteroatoms. The van der Waals surface area contributed by atoms with Crippen LogP contribution in [0.5, 0.6) is 0 Å². The van der Waals surface area contributed by atoms with Crippen LogP contribution in [-0.4, -0.2) is 12.5 Å². The van der Waals surface area contributed by atoms with Gasteiger partial charge in [-0.05, 0) is 18.9 Å². The number of benzene rings is 1. The summed E-state index contributed by atoms with van der Waals surface area (Å²) in [7, 11) is 0. The number of fused-ring (bicyclic) bond motifs is 1. The molecule has 0 radical (unpaired) electrons. The molecule has 1 saturated carbocycles. The number of aromatic nitrogens is 1. The van der Waals surface area contributed by atoms with Gasteiger partial charge in [0.25, 0.3) is 5.01 Å². The molecule has 2 aromatic rings. The predicted molar refractivity (Wildman–Crippen MR) is 84.1 cm³/mol. The van der Waals surface area contributed by atoms with E-state index >= 15 is 0 Å². The fourth-order valence-corrected chi connectivity index (χ4v) is 4.01. The summed E-state index contributed by atoms with van der Waals surface area (Å²) in [6, 6.07) is 7.60. The molecule has 0 bridgehead atoms. The second kappa shape index (κ2) is 6.43. The van der Waals surface area contributed by atoms with Crippen molar-refractivity contribution >= 4 is 27.5 Å². The Labute approximate surface area is 128 Å². The van der Waals surface area contributed by atoms with E-state index in [1.165, 1.54) is 17.8 Å². The number of carbonyl (C=O) groups excluding carboxylic acids is 1. The van der Waals surface area contributed by atoms with Crippen molar-refractivity contribution in [2.45, 2.75) is 38.5 Å². The van der Waals surface area contributed by atoms with Crippen LogP contribution in [0.15, 0.2) is 24.3 Å². The molecule has 0 aliphatic heterocycles. The normalized spacial score (nSPS) is 16.2. The molecule has 0 spiro atoms. The van der Waals surface area contributed by atoms with Crippen molar-refractivity contribution in [3.05, 3.63) is 34.5 Å². The van der Waals surface area contributed by atoms with E-state index in [1.807, 2.05) is 24.3 Å². The van der Waals surface area contributed by atoms with Gasteiger partial charge in [-0.25, -0.2) is 0 Å². The maximum absolute atomic E-state index is 12.1. The Hall–Kier alpha value is -1.62. The lowest BCUT2D eigenvalue weighted by molar-refractivity contribution is -0.580. The molecule has 1 heterocycles. The van der Waals surface area contributed by atoms with Crippen molar-refractivity contribution in [2.24, 2.45) is 5.92 Å². The highest BCUT2D eigenvalue weighted by Crippen LogP contribution is 2.23. The number of para-hydroxylation sites is 1. The van der Waals surface area contributed by atoms with E-state index in [9.17, 15) is 10.0 Å². The smallest absolute Gasteiger partial charge is 0.251 e. The van der Waals surface area contributed by atoms with Crippen molar-refractivity contribution in [3.63, 3.8) is 0 Å². The number of thiazole rings is 1. The maximum atomic E-state index is 12.1. The molecular weight excluding hydrogens is 284 g/mol. The highest BCUT2D eigenvalue weighted by Gasteiger charge is 2.21. The summed E-state index contributed by atoms with van der Waals surface area (Å²) in [5, 5.41) is 15.9. The van der Waals surface area contributed by atoms with Crippen LogP contribution in [0, 0.1) is 11.1 Å². The largest absolute Gasteiger partial charge is 0.617 e. The van der Waals surface area contributed by atoms with Crippen LogP contribution < -0.4 is 10.0 Å².